The highest BCUT2D eigenvalue weighted by Crippen LogP contribution is 2.51. The number of aliphatic hydroxyl groups is 1. The molecule has 2 saturated heterocycles. The van der Waals surface area contributed by atoms with Gasteiger partial charge in [0.2, 0.25) is 47.3 Å². The van der Waals surface area contributed by atoms with Gasteiger partial charge in [0.05, 0.1) is 60.7 Å². The summed E-state index contributed by atoms with van der Waals surface area (Å²) in [6.45, 7) is 22.2. The second-order valence-corrected chi connectivity index (χ2v) is 32.7. The van der Waals surface area contributed by atoms with Gasteiger partial charge in [-0.15, -0.1) is 0 Å². The molecule has 28 heteroatoms. The third kappa shape index (κ3) is 26.8. The molecule has 0 bridgehead atoms. The molecule has 9 N–H and O–H groups in total. The Balaban J connectivity index is 1.18. The molecule has 5 rings (SSSR count). The molecule has 2 heterocycles. The number of unbranched alkanes of at least 4 members (excludes halogenated alkanes) is 2. The Morgan fingerprint density at radius 3 is 1.85 bits per heavy atom. The van der Waals surface area contributed by atoms with Gasteiger partial charge in [0.15, 0.2) is 0 Å². The first kappa shape index (κ1) is 95.2. The van der Waals surface area contributed by atoms with Crippen LogP contribution in [0.1, 0.15) is 242 Å². The van der Waals surface area contributed by atoms with Crippen LogP contribution in [0.15, 0.2) is 54.6 Å². The first-order valence-electron chi connectivity index (χ1n) is 41.3. The number of alkyl halides is 3. The van der Waals surface area contributed by atoms with Crippen molar-refractivity contribution >= 4 is 65.1 Å². The summed E-state index contributed by atoms with van der Waals surface area (Å²) < 4.78 is 62.6. The number of likely N-dealkylation sites (N-methyl/N-ethyl adjacent to an activating group) is 2. The zero-order chi connectivity index (χ0) is 83.3. The largest absolute Gasteiger partial charge is 0.445 e. The number of carbonyl (C=O) groups excluding carboxylic acids is 10. The number of benzene rings is 2. The number of carbonyl (C=O) groups is 10. The normalized spacial score (nSPS) is 19.5. The lowest BCUT2D eigenvalue weighted by atomic mass is 9.60. The molecule has 3 fully saturated rings. The molecule has 25 nitrogen and oxygen atoms in total. The van der Waals surface area contributed by atoms with Gasteiger partial charge >= 0.3 is 18.3 Å². The first-order chi connectivity index (χ1) is 53.0. The molecule has 632 valence electrons. The molecule has 1 aliphatic carbocycles. The minimum atomic E-state index is -4.77. The van der Waals surface area contributed by atoms with E-state index in [1.807, 2.05) is 32.0 Å². The Hall–Kier alpha value is -7.43. The van der Waals surface area contributed by atoms with Crippen LogP contribution in [0.25, 0.3) is 0 Å². The van der Waals surface area contributed by atoms with E-state index in [1.165, 1.54) is 62.5 Å². The van der Waals surface area contributed by atoms with Gasteiger partial charge in [0.1, 0.15) is 30.8 Å². The molecule has 0 aromatic heterocycles. The number of hydrogen-bond donors (Lipinski definition) is 8. The van der Waals surface area contributed by atoms with Crippen LogP contribution in [0.4, 0.5) is 28.4 Å². The monoisotopic (exact) mass is 1580 g/mol. The van der Waals surface area contributed by atoms with Crippen LogP contribution in [-0.2, 0) is 59.2 Å². The van der Waals surface area contributed by atoms with Crippen LogP contribution in [0.5, 0.6) is 0 Å². The molecule has 2 aromatic carbocycles. The molecule has 14 atom stereocenters. The van der Waals surface area contributed by atoms with E-state index in [0.717, 1.165) is 56.3 Å². The number of anilines is 1. The summed E-state index contributed by atoms with van der Waals surface area (Å²) in [6, 6.07) is 5.62. The van der Waals surface area contributed by atoms with Crippen molar-refractivity contribution in [2.45, 2.75) is 304 Å². The summed E-state index contributed by atoms with van der Waals surface area (Å²) in [5.74, 6) is -6.22. The highest BCUT2D eigenvalue weighted by atomic mass is 19.4. The third-order valence-corrected chi connectivity index (χ3v) is 24.0. The van der Waals surface area contributed by atoms with E-state index in [9.17, 15) is 66.2 Å². The SMILES string of the molecule is CC[C@H](C)[C@@H]([C@@H](CC(=O)N1CCC[C@H]1[C@H](OC)[C@@H](C)C(=O)N[C@H](C)[C@@H](O)c1ccccc1)OC)N(C)C(=O)[C@@H](NC(=O)[C@H](C(C)C)N(C)C(=O)OCc1ccc(NC(=O)[C@H](CCCNC(N)=O)NC(=O)[C@@H](N[C@@H](CCCCCN2C(=O)CC(C(CC)(CC)C3CCCCCCCCC3)C2=O)C(F)(F)F)C(C)C)cc1)C(C)C. The number of likely N-dealkylation sites (tertiary alicyclic amines) is 2. The number of rotatable bonds is 43. The van der Waals surface area contributed by atoms with Gasteiger partial charge in [0, 0.05) is 60.1 Å². The molecule has 2 aliphatic heterocycles. The van der Waals surface area contributed by atoms with Crippen LogP contribution in [0, 0.1) is 46.8 Å². The summed E-state index contributed by atoms with van der Waals surface area (Å²) >= 11 is 0. The molecule has 3 aliphatic rings. The van der Waals surface area contributed by atoms with E-state index in [0.29, 0.717) is 55.7 Å². The number of halogens is 3. The van der Waals surface area contributed by atoms with Crippen LogP contribution < -0.4 is 37.6 Å². The topological polar surface area (TPSA) is 330 Å². The number of nitrogens with zero attached hydrogens (tertiary/aromatic N) is 4. The second-order valence-electron chi connectivity index (χ2n) is 32.7. The number of aliphatic hydroxyl groups excluding tert-OH is 1. The highest BCUT2D eigenvalue weighted by Gasteiger charge is 2.53. The highest BCUT2D eigenvalue weighted by molar-refractivity contribution is 6.04. The summed E-state index contributed by atoms with van der Waals surface area (Å²) in [7, 11) is 6.03. The van der Waals surface area contributed by atoms with Gasteiger partial charge in [-0.2, -0.15) is 13.2 Å². The minimum absolute atomic E-state index is 0.0206. The maximum atomic E-state index is 14.9. The van der Waals surface area contributed by atoms with E-state index >= 15 is 0 Å². The van der Waals surface area contributed by atoms with E-state index < -0.39 is 145 Å². The smallest absolute Gasteiger partial charge is 0.410 e. The van der Waals surface area contributed by atoms with Gasteiger partial charge < -0.3 is 61.4 Å². The molecule has 1 saturated carbocycles. The molecular formula is C84H136F3N11O14. The summed E-state index contributed by atoms with van der Waals surface area (Å²) in [5.41, 5.74) is 6.37. The van der Waals surface area contributed by atoms with Crippen LogP contribution in [0.2, 0.25) is 0 Å². The summed E-state index contributed by atoms with van der Waals surface area (Å²) in [6.07, 6.45) is 6.07. The van der Waals surface area contributed by atoms with Crippen molar-refractivity contribution < 1.29 is 80.4 Å². The van der Waals surface area contributed by atoms with Crippen LogP contribution in [0.3, 0.4) is 0 Å². The number of nitrogens with two attached hydrogens (primary N) is 1. The van der Waals surface area contributed by atoms with E-state index in [1.54, 1.807) is 91.6 Å². The van der Waals surface area contributed by atoms with E-state index in [2.05, 4.69) is 45.7 Å². The number of amides is 11. The molecular weight excluding hydrogens is 1440 g/mol. The van der Waals surface area contributed by atoms with E-state index in [-0.39, 0.29) is 92.4 Å². The molecule has 1 unspecified atom stereocenters. The average molecular weight is 1580 g/mol. The van der Waals surface area contributed by atoms with Crippen molar-refractivity contribution in [3.63, 3.8) is 0 Å². The maximum Gasteiger partial charge on any atom is 0.410 e. The number of methoxy groups -OCH3 is 2. The predicted molar refractivity (Wildman–Crippen MR) is 425 cm³/mol. The number of nitrogens with one attached hydrogen (secondary N) is 6. The fourth-order valence-corrected chi connectivity index (χ4v) is 17.2. The van der Waals surface area contributed by atoms with Crippen molar-refractivity contribution in [2.75, 3.05) is 53.3 Å². The number of hydrogen-bond acceptors (Lipinski definition) is 15. The molecule has 11 amide bonds. The van der Waals surface area contributed by atoms with Gasteiger partial charge in [-0.25, -0.2) is 9.59 Å². The number of primary amides is 1. The quantitative estimate of drug-likeness (QED) is 0.0226. The Morgan fingerprint density at radius 2 is 1.29 bits per heavy atom. The van der Waals surface area contributed by atoms with Gasteiger partial charge in [-0.05, 0) is 129 Å². The van der Waals surface area contributed by atoms with E-state index in [4.69, 9.17) is 19.9 Å². The number of urea groups is 1. The van der Waals surface area contributed by atoms with Crippen molar-refractivity contribution in [3.05, 3.63) is 65.7 Å². The maximum absolute atomic E-state index is 14.9. The molecule has 112 heavy (non-hydrogen) atoms. The summed E-state index contributed by atoms with van der Waals surface area (Å²) in [5, 5.41) is 27.2. The Labute approximate surface area is 664 Å². The fourth-order valence-electron chi connectivity index (χ4n) is 17.2. The third-order valence-electron chi connectivity index (χ3n) is 24.0. The van der Waals surface area contributed by atoms with Crippen LogP contribution in [-0.4, -0.2) is 199 Å². The fraction of sp³-hybridized carbons (Fsp3) is 0.738. The van der Waals surface area contributed by atoms with Crippen molar-refractivity contribution in [1.29, 1.82) is 0 Å². The Kier molecular flexibility index (Phi) is 39.3. The molecule has 0 spiro atoms. The second kappa shape index (κ2) is 46.2. The zero-order valence-electron chi connectivity index (χ0n) is 69.7. The van der Waals surface area contributed by atoms with Crippen molar-refractivity contribution in [3.8, 4) is 0 Å². The predicted octanol–water partition coefficient (Wildman–Crippen LogP) is 11.9. The zero-order valence-corrected chi connectivity index (χ0v) is 69.7. The minimum Gasteiger partial charge on any atom is -0.445 e. The molecule has 2 aromatic rings. The lowest BCUT2D eigenvalue weighted by Crippen LogP contribution is -2.60. The summed E-state index contributed by atoms with van der Waals surface area (Å²) in [4.78, 5) is 145. The van der Waals surface area contributed by atoms with Gasteiger partial charge in [-0.1, -0.05) is 183 Å². The molecule has 0 radical (unpaired) electrons. The van der Waals surface area contributed by atoms with Gasteiger partial charge in [0.25, 0.3) is 0 Å². The lowest BCUT2D eigenvalue weighted by Gasteiger charge is -2.44. The number of imide groups is 1. The number of ether oxygens (including phenoxy) is 3. The van der Waals surface area contributed by atoms with Crippen molar-refractivity contribution in [2.24, 2.45) is 52.6 Å². The Morgan fingerprint density at radius 1 is 0.679 bits per heavy atom. The van der Waals surface area contributed by atoms with Gasteiger partial charge in [-0.3, -0.25) is 53.5 Å². The standard InChI is InChI=1S/C84H136F3N11O14/c1-17-55(10)72(65(110-15)50-68(100)97-48-34-40-64(97)74(111-16)56(11)75(102)90-57(12)73(101)59-35-27-25-28-36-59)95(13)80(107)70(53(6)7)94-78(105)71(54(8)9)96(14)82(109)112-51-58-42-44-61(45-43-58)91-76(103)63(39-33-46-89-81(88)108)92-77(104)69(52(4)5)93-66(84(85,86)87)41-31-26-32-47-98-67(99)49-62(79(98)106)83(18-2,19-3)60-37-29-23-21-20-22-24-30-38-60/h25,27-28,35-36,42-45,52-57,60,62-66,69-74,93,101H,17-24,26,29-34,37-41,46-51H2,1-16H3,(H,90,102)(H,91,103)(H,92,104)(H,94,105)(H3,88,89,108)/t55-,56+,57+,62?,63-,64-,65+,66-,69-,70-,71-,72-,73+,74+/m0/s1. The Bertz CT molecular complexity index is 3300. The first-order valence-corrected chi connectivity index (χ1v) is 41.3. The van der Waals surface area contributed by atoms with Crippen LogP contribution >= 0.6 is 0 Å². The lowest BCUT2D eigenvalue weighted by molar-refractivity contribution is -0.161. The van der Waals surface area contributed by atoms with Crippen molar-refractivity contribution in [1.82, 2.24) is 46.2 Å². The average Bonchev–Trinajstić information content (AvgIpc) is 1.60.